The quantitative estimate of drug-likeness (QED) is 0.494. The van der Waals surface area contributed by atoms with Gasteiger partial charge in [0.05, 0.1) is 6.42 Å². The molecule has 20 heavy (non-hydrogen) atoms. The first-order valence-corrected chi connectivity index (χ1v) is 5.64. The van der Waals surface area contributed by atoms with E-state index in [0.29, 0.717) is 10.9 Å². The highest BCUT2D eigenvalue weighted by Crippen LogP contribution is 2.31. The Morgan fingerprint density at radius 1 is 1.45 bits per heavy atom. The maximum absolute atomic E-state index is 13.8. The van der Waals surface area contributed by atoms with Crippen LogP contribution in [0.2, 0.25) is 0 Å². The van der Waals surface area contributed by atoms with Crippen molar-refractivity contribution in [1.29, 1.82) is 0 Å². The van der Waals surface area contributed by atoms with E-state index in [9.17, 15) is 19.1 Å². The largest absolute Gasteiger partial charge is 0.508 e. The van der Waals surface area contributed by atoms with Crippen LogP contribution in [0.5, 0.6) is 5.75 Å². The number of hydrogen-bond acceptors (Lipinski definition) is 3. The number of aliphatic carboxylic acids is 1. The molecule has 1 amide bonds. The number of amides is 1. The molecule has 2 aromatic rings. The molecule has 1 aromatic heterocycles. The number of aromatic nitrogens is 1. The molecule has 0 saturated heterocycles. The van der Waals surface area contributed by atoms with Crippen molar-refractivity contribution in [3.63, 3.8) is 0 Å². The van der Waals surface area contributed by atoms with Crippen LogP contribution in [0, 0.1) is 0 Å². The smallest absolute Gasteiger partial charge is 0.308 e. The topological polar surface area (TPSA) is 102 Å². The van der Waals surface area contributed by atoms with Crippen LogP contribution < -0.4 is 5.32 Å². The molecule has 0 fully saturated rings. The van der Waals surface area contributed by atoms with Crippen LogP contribution in [0.1, 0.15) is 12.0 Å². The van der Waals surface area contributed by atoms with Crippen molar-refractivity contribution in [1.82, 2.24) is 10.3 Å². The summed E-state index contributed by atoms with van der Waals surface area (Å²) in [7, 11) is 0. The first kappa shape index (κ1) is 13.6. The molecule has 0 saturated carbocycles. The van der Waals surface area contributed by atoms with E-state index in [1.165, 1.54) is 18.3 Å². The van der Waals surface area contributed by atoms with Gasteiger partial charge in [-0.25, -0.2) is 0 Å². The lowest BCUT2D eigenvalue weighted by Gasteiger charge is -2.06. The molecule has 1 heterocycles. The summed E-state index contributed by atoms with van der Waals surface area (Å²) in [6, 6.07) is 4.41. The molecule has 2 rings (SSSR count). The fraction of sp³-hybridized carbons (Fsp3) is 0.0769. The number of phenolic OH excluding ortho intramolecular Hbond substituents is 1. The van der Waals surface area contributed by atoms with Gasteiger partial charge < -0.3 is 20.5 Å². The molecule has 7 heteroatoms. The van der Waals surface area contributed by atoms with Gasteiger partial charge in [0.1, 0.15) is 5.75 Å². The van der Waals surface area contributed by atoms with Gasteiger partial charge in [0.15, 0.2) is 5.95 Å². The highest BCUT2D eigenvalue weighted by Gasteiger charge is 2.17. The minimum atomic E-state index is -1.24. The molecule has 4 N–H and O–H groups in total. The Bertz CT molecular complexity index is 705. The van der Waals surface area contributed by atoms with Crippen LogP contribution >= 0.6 is 0 Å². The van der Waals surface area contributed by atoms with E-state index in [-0.39, 0.29) is 23.3 Å². The normalized spacial score (nSPS) is 12.1. The molecule has 0 spiro atoms. The highest BCUT2D eigenvalue weighted by molar-refractivity contribution is 5.97. The summed E-state index contributed by atoms with van der Waals surface area (Å²) in [6.45, 7) is 0. The van der Waals surface area contributed by atoms with E-state index < -0.39 is 18.3 Å². The number of carbonyl (C=O) groups is 2. The number of carboxylic acid groups (broad SMARTS) is 1. The number of phenols is 1. The number of aromatic hydroxyl groups is 1. The molecule has 0 bridgehead atoms. The maximum atomic E-state index is 13.8. The molecule has 104 valence electrons. The van der Waals surface area contributed by atoms with E-state index in [2.05, 4.69) is 4.98 Å². The third kappa shape index (κ3) is 2.61. The minimum absolute atomic E-state index is 0.0308. The fourth-order valence-electron chi connectivity index (χ4n) is 1.94. The molecule has 6 nitrogen and oxygen atoms in total. The van der Waals surface area contributed by atoms with Gasteiger partial charge >= 0.3 is 5.97 Å². The van der Waals surface area contributed by atoms with Crippen LogP contribution in [0.25, 0.3) is 16.5 Å². The van der Waals surface area contributed by atoms with Crippen molar-refractivity contribution in [2.24, 2.45) is 0 Å². The standard InChI is InChI=1S/C13H11FN2O4/c14-13(16-6-17)9(4-12(19)20)10-5-15-11-2-1-7(18)3-8(10)11/h1-3,5-6,15,18H,4H2,(H,16,17)(H,19,20). The molecule has 0 aliphatic carbocycles. The van der Waals surface area contributed by atoms with E-state index in [1.54, 1.807) is 6.07 Å². The number of benzene rings is 1. The minimum Gasteiger partial charge on any atom is -0.508 e. The van der Waals surface area contributed by atoms with Gasteiger partial charge in [-0.15, -0.1) is 0 Å². The van der Waals surface area contributed by atoms with Gasteiger partial charge in [-0.3, -0.25) is 9.59 Å². The van der Waals surface area contributed by atoms with E-state index in [1.807, 2.05) is 5.32 Å². The van der Waals surface area contributed by atoms with Crippen molar-refractivity contribution in [3.05, 3.63) is 35.9 Å². The van der Waals surface area contributed by atoms with Crippen molar-refractivity contribution in [2.45, 2.75) is 6.42 Å². The Morgan fingerprint density at radius 3 is 2.85 bits per heavy atom. The van der Waals surface area contributed by atoms with Gasteiger partial charge in [-0.1, -0.05) is 0 Å². The summed E-state index contributed by atoms with van der Waals surface area (Å²) in [4.78, 5) is 24.0. The zero-order valence-electron chi connectivity index (χ0n) is 10.2. The van der Waals surface area contributed by atoms with Crippen molar-refractivity contribution in [3.8, 4) is 5.75 Å². The van der Waals surface area contributed by atoms with E-state index in [4.69, 9.17) is 5.11 Å². The number of fused-ring (bicyclic) bond motifs is 1. The Morgan fingerprint density at radius 2 is 2.20 bits per heavy atom. The summed E-state index contributed by atoms with van der Waals surface area (Å²) in [6.07, 6.45) is 0.952. The summed E-state index contributed by atoms with van der Waals surface area (Å²) in [5, 5.41) is 20.6. The second-order valence-corrected chi connectivity index (χ2v) is 4.06. The molecular formula is C13H11FN2O4. The molecule has 1 aromatic carbocycles. The van der Waals surface area contributed by atoms with Gasteiger partial charge in [-0.05, 0) is 18.2 Å². The Kier molecular flexibility index (Phi) is 3.69. The molecule has 0 atom stereocenters. The average molecular weight is 278 g/mol. The Balaban J connectivity index is 2.62. The molecule has 0 unspecified atom stereocenters. The first-order valence-electron chi connectivity index (χ1n) is 5.64. The van der Waals surface area contributed by atoms with Crippen LogP contribution in [0.3, 0.4) is 0 Å². The third-order valence-corrected chi connectivity index (χ3v) is 2.77. The molecule has 0 aliphatic rings. The van der Waals surface area contributed by atoms with Crippen LogP contribution in [0.15, 0.2) is 30.3 Å². The van der Waals surface area contributed by atoms with Crippen LogP contribution in [0.4, 0.5) is 4.39 Å². The average Bonchev–Trinajstić information content (AvgIpc) is 2.78. The number of carboxylic acids is 1. The zero-order chi connectivity index (χ0) is 14.7. The lowest BCUT2D eigenvalue weighted by molar-refractivity contribution is -0.135. The van der Waals surface area contributed by atoms with Gasteiger partial charge in [0.2, 0.25) is 6.41 Å². The predicted molar refractivity (Wildman–Crippen MR) is 69.4 cm³/mol. The number of hydrogen-bond donors (Lipinski definition) is 4. The summed E-state index contributed by atoms with van der Waals surface area (Å²) < 4.78 is 13.8. The van der Waals surface area contributed by atoms with Crippen molar-refractivity contribution < 1.29 is 24.2 Å². The number of rotatable bonds is 5. The SMILES string of the molecule is O=CNC(F)=C(CC(=O)O)c1c[nH]c2ccc(O)cc12. The van der Waals surface area contributed by atoms with Crippen molar-refractivity contribution >= 4 is 28.9 Å². The number of aromatic amines is 1. The molecule has 0 aliphatic heterocycles. The van der Waals surface area contributed by atoms with Gasteiger partial charge in [-0.2, -0.15) is 4.39 Å². The second kappa shape index (κ2) is 5.43. The monoisotopic (exact) mass is 278 g/mol. The Hall–Kier alpha value is -2.83. The second-order valence-electron chi connectivity index (χ2n) is 4.06. The molecular weight excluding hydrogens is 267 g/mol. The van der Waals surface area contributed by atoms with Crippen LogP contribution in [-0.2, 0) is 9.59 Å². The number of halogens is 1. The number of carbonyl (C=O) groups excluding carboxylic acids is 1. The Labute approximate surface area is 112 Å². The maximum Gasteiger partial charge on any atom is 0.308 e. The predicted octanol–water partition coefficient (Wildman–Crippen LogP) is 1.73. The number of H-pyrrole nitrogens is 1. The molecule has 0 radical (unpaired) electrons. The van der Waals surface area contributed by atoms with Crippen LogP contribution in [-0.4, -0.2) is 27.6 Å². The lowest BCUT2D eigenvalue weighted by atomic mass is 10.0. The lowest BCUT2D eigenvalue weighted by Crippen LogP contribution is -2.10. The summed E-state index contributed by atoms with van der Waals surface area (Å²) in [5.41, 5.74) is 0.700. The van der Waals surface area contributed by atoms with Crippen molar-refractivity contribution in [2.75, 3.05) is 0 Å². The van der Waals surface area contributed by atoms with Gasteiger partial charge in [0.25, 0.3) is 0 Å². The summed E-state index contributed by atoms with van der Waals surface area (Å²) >= 11 is 0. The van der Waals surface area contributed by atoms with Gasteiger partial charge in [0, 0.05) is 28.2 Å². The third-order valence-electron chi connectivity index (χ3n) is 2.77. The zero-order valence-corrected chi connectivity index (χ0v) is 10.2. The van der Waals surface area contributed by atoms with E-state index >= 15 is 0 Å². The highest BCUT2D eigenvalue weighted by atomic mass is 19.1. The van der Waals surface area contributed by atoms with E-state index in [0.717, 1.165) is 0 Å². The fourth-order valence-corrected chi connectivity index (χ4v) is 1.94. The number of nitrogens with one attached hydrogen (secondary N) is 2. The first-order chi connectivity index (χ1) is 9.52. The summed E-state index contributed by atoms with van der Waals surface area (Å²) in [5.74, 6) is -2.30.